The Bertz CT molecular complexity index is 846. The second kappa shape index (κ2) is 7.45. The van der Waals surface area contributed by atoms with E-state index in [1.807, 2.05) is 0 Å². The molecule has 2 aliphatic rings. The zero-order chi connectivity index (χ0) is 19.7. The fourth-order valence-electron chi connectivity index (χ4n) is 3.32. The van der Waals surface area contributed by atoms with Crippen LogP contribution in [0.2, 0.25) is 0 Å². The maximum atomic E-state index is 12.9. The number of aryl methyl sites for hydroxylation is 1. The van der Waals surface area contributed by atoms with Gasteiger partial charge < -0.3 is 14.8 Å². The number of rotatable bonds is 6. The molecule has 27 heavy (non-hydrogen) atoms. The average Bonchev–Trinajstić information content (AvgIpc) is 2.90. The van der Waals surface area contributed by atoms with Crippen LogP contribution in [0.25, 0.3) is 0 Å². The van der Waals surface area contributed by atoms with Crippen molar-refractivity contribution in [2.75, 3.05) is 33.4 Å². The summed E-state index contributed by atoms with van der Waals surface area (Å²) in [7, 11) is -2.12. The van der Waals surface area contributed by atoms with Crippen molar-refractivity contribution < 1.29 is 27.5 Å². The minimum Gasteiger partial charge on any atom is -0.491 e. The van der Waals surface area contributed by atoms with Crippen molar-refractivity contribution in [2.45, 2.75) is 30.2 Å². The molecule has 2 aliphatic heterocycles. The molecule has 3 amide bonds. The standard InChI is InChI=1S/C17H23N3O6S/c1-12-11-13(3-4-14(12)26-10-9-25-2)27(23,24)20-7-5-17(6-8-20)15(21)18-16(22)19-17/h3-4,11H,5-10H2,1-2H3,(H2,18,19,21,22). The van der Waals surface area contributed by atoms with E-state index >= 15 is 0 Å². The van der Waals surface area contributed by atoms with Gasteiger partial charge >= 0.3 is 6.03 Å². The van der Waals surface area contributed by atoms with Gasteiger partial charge in [-0.15, -0.1) is 0 Å². The van der Waals surface area contributed by atoms with E-state index in [0.717, 1.165) is 0 Å². The van der Waals surface area contributed by atoms with Gasteiger partial charge in [-0.05, 0) is 43.5 Å². The van der Waals surface area contributed by atoms with Crippen LogP contribution in [0.1, 0.15) is 18.4 Å². The molecule has 1 aromatic carbocycles. The summed E-state index contributed by atoms with van der Waals surface area (Å²) >= 11 is 0. The Labute approximate surface area is 158 Å². The van der Waals surface area contributed by atoms with Crippen molar-refractivity contribution >= 4 is 22.0 Å². The molecule has 148 valence electrons. The van der Waals surface area contributed by atoms with E-state index in [1.54, 1.807) is 26.2 Å². The number of amides is 3. The zero-order valence-electron chi connectivity index (χ0n) is 15.3. The summed E-state index contributed by atoms with van der Waals surface area (Å²) in [5.74, 6) is 0.215. The molecule has 2 fully saturated rings. The molecule has 0 aliphatic carbocycles. The lowest BCUT2D eigenvalue weighted by Crippen LogP contribution is -2.55. The molecule has 0 unspecified atom stereocenters. The van der Waals surface area contributed by atoms with Crippen molar-refractivity contribution in [2.24, 2.45) is 0 Å². The van der Waals surface area contributed by atoms with E-state index in [4.69, 9.17) is 9.47 Å². The van der Waals surface area contributed by atoms with Crippen molar-refractivity contribution in [1.82, 2.24) is 14.9 Å². The first kappa shape index (κ1) is 19.6. The third-order valence-corrected chi connectivity index (χ3v) is 6.81. The van der Waals surface area contributed by atoms with Gasteiger partial charge in [0.15, 0.2) is 0 Å². The number of benzene rings is 1. The predicted molar refractivity (Wildman–Crippen MR) is 95.9 cm³/mol. The van der Waals surface area contributed by atoms with Gasteiger partial charge in [0, 0.05) is 20.2 Å². The number of ether oxygens (including phenoxy) is 2. The van der Waals surface area contributed by atoms with E-state index < -0.39 is 27.5 Å². The maximum absolute atomic E-state index is 12.9. The van der Waals surface area contributed by atoms with Crippen molar-refractivity contribution in [3.05, 3.63) is 23.8 Å². The molecule has 2 N–H and O–H groups in total. The van der Waals surface area contributed by atoms with Crippen LogP contribution < -0.4 is 15.4 Å². The first-order valence-corrected chi connectivity index (χ1v) is 10.1. The minimum atomic E-state index is -3.70. The number of nitrogens with zero attached hydrogens (tertiary/aromatic N) is 1. The Morgan fingerprint density at radius 3 is 2.44 bits per heavy atom. The molecule has 0 atom stereocenters. The van der Waals surface area contributed by atoms with E-state index in [1.165, 1.54) is 10.4 Å². The van der Waals surface area contributed by atoms with Crippen LogP contribution in [0, 0.1) is 6.92 Å². The van der Waals surface area contributed by atoms with E-state index in [0.29, 0.717) is 24.5 Å². The highest BCUT2D eigenvalue weighted by Crippen LogP contribution is 2.30. The number of piperidine rings is 1. The van der Waals surface area contributed by atoms with Crippen molar-refractivity contribution in [1.29, 1.82) is 0 Å². The van der Waals surface area contributed by atoms with E-state index in [-0.39, 0.29) is 30.8 Å². The molecule has 9 nitrogen and oxygen atoms in total. The largest absolute Gasteiger partial charge is 0.491 e. The Kier molecular flexibility index (Phi) is 5.41. The number of hydrogen-bond acceptors (Lipinski definition) is 6. The zero-order valence-corrected chi connectivity index (χ0v) is 16.1. The number of imide groups is 1. The average molecular weight is 397 g/mol. The fourth-order valence-corrected chi connectivity index (χ4v) is 4.84. The molecular formula is C17H23N3O6S. The van der Waals surface area contributed by atoms with Gasteiger partial charge in [0.05, 0.1) is 11.5 Å². The second-order valence-corrected chi connectivity index (χ2v) is 8.60. The van der Waals surface area contributed by atoms with Gasteiger partial charge in [-0.25, -0.2) is 13.2 Å². The molecule has 0 bridgehead atoms. The molecule has 3 rings (SSSR count). The fraction of sp³-hybridized carbons (Fsp3) is 0.529. The van der Waals surface area contributed by atoms with Gasteiger partial charge in [-0.2, -0.15) is 4.31 Å². The smallest absolute Gasteiger partial charge is 0.322 e. The number of carbonyl (C=O) groups is 2. The van der Waals surface area contributed by atoms with Crippen molar-refractivity contribution in [3.63, 3.8) is 0 Å². The number of methoxy groups -OCH3 is 1. The van der Waals surface area contributed by atoms with Gasteiger partial charge in [0.1, 0.15) is 17.9 Å². The number of carbonyl (C=O) groups excluding carboxylic acids is 2. The van der Waals surface area contributed by atoms with Gasteiger partial charge in [-0.1, -0.05) is 0 Å². The lowest BCUT2D eigenvalue weighted by atomic mass is 9.89. The third kappa shape index (κ3) is 3.78. The second-order valence-electron chi connectivity index (χ2n) is 6.66. The predicted octanol–water partition coefficient (Wildman–Crippen LogP) is 0.383. The first-order valence-electron chi connectivity index (χ1n) is 8.65. The lowest BCUT2D eigenvalue weighted by molar-refractivity contribution is -0.125. The quantitative estimate of drug-likeness (QED) is 0.530. The number of nitrogens with one attached hydrogen (secondary N) is 2. The number of sulfonamides is 1. The third-order valence-electron chi connectivity index (χ3n) is 4.92. The molecule has 0 radical (unpaired) electrons. The topological polar surface area (TPSA) is 114 Å². The Hall–Kier alpha value is -2.17. The van der Waals surface area contributed by atoms with Crippen LogP contribution >= 0.6 is 0 Å². The molecule has 2 saturated heterocycles. The van der Waals surface area contributed by atoms with Gasteiger partial charge in [0.25, 0.3) is 5.91 Å². The molecular weight excluding hydrogens is 374 g/mol. The lowest BCUT2D eigenvalue weighted by Gasteiger charge is -2.36. The first-order chi connectivity index (χ1) is 12.8. The molecule has 1 spiro atoms. The molecule has 1 aromatic rings. The summed E-state index contributed by atoms with van der Waals surface area (Å²) < 4.78 is 37.7. The van der Waals surface area contributed by atoms with Crippen LogP contribution in [0.15, 0.2) is 23.1 Å². The summed E-state index contributed by atoms with van der Waals surface area (Å²) in [6, 6.07) is 4.19. The van der Waals surface area contributed by atoms with Crippen LogP contribution in [0.5, 0.6) is 5.75 Å². The SMILES string of the molecule is COCCOc1ccc(S(=O)(=O)N2CCC3(CC2)NC(=O)NC3=O)cc1C. The Balaban J connectivity index is 1.71. The van der Waals surface area contributed by atoms with E-state index in [9.17, 15) is 18.0 Å². The number of urea groups is 1. The summed E-state index contributed by atoms with van der Waals surface area (Å²) in [5, 5.41) is 4.84. The summed E-state index contributed by atoms with van der Waals surface area (Å²) in [6.45, 7) is 2.91. The highest BCUT2D eigenvalue weighted by molar-refractivity contribution is 7.89. The van der Waals surface area contributed by atoms with Crippen LogP contribution in [-0.4, -0.2) is 63.6 Å². The van der Waals surface area contributed by atoms with Crippen LogP contribution in [-0.2, 0) is 19.6 Å². The molecule has 0 aromatic heterocycles. The highest BCUT2D eigenvalue weighted by atomic mass is 32.2. The van der Waals surface area contributed by atoms with Gasteiger partial charge in [-0.3, -0.25) is 10.1 Å². The summed E-state index contributed by atoms with van der Waals surface area (Å²) in [6.07, 6.45) is 0.474. The monoisotopic (exact) mass is 397 g/mol. The van der Waals surface area contributed by atoms with Gasteiger partial charge in [0.2, 0.25) is 10.0 Å². The molecule has 0 saturated carbocycles. The maximum Gasteiger partial charge on any atom is 0.322 e. The van der Waals surface area contributed by atoms with Crippen molar-refractivity contribution in [3.8, 4) is 5.75 Å². The summed E-state index contributed by atoms with van der Waals surface area (Å²) in [4.78, 5) is 23.6. The highest BCUT2D eigenvalue weighted by Gasteiger charge is 2.49. The van der Waals surface area contributed by atoms with Crippen LogP contribution in [0.4, 0.5) is 4.79 Å². The Morgan fingerprint density at radius 2 is 1.89 bits per heavy atom. The number of hydrogen-bond donors (Lipinski definition) is 2. The molecule has 2 heterocycles. The summed E-state index contributed by atoms with van der Waals surface area (Å²) in [5.41, 5.74) is -0.291. The van der Waals surface area contributed by atoms with E-state index in [2.05, 4.69) is 10.6 Å². The molecule has 10 heteroatoms. The normalized spacial score (nSPS) is 19.8. The van der Waals surface area contributed by atoms with Crippen LogP contribution in [0.3, 0.4) is 0 Å². The minimum absolute atomic E-state index is 0.154. The Morgan fingerprint density at radius 1 is 1.19 bits per heavy atom.